The van der Waals surface area contributed by atoms with Gasteiger partial charge in [0.1, 0.15) is 0 Å². The van der Waals surface area contributed by atoms with E-state index in [4.69, 9.17) is 4.74 Å². The normalized spacial score (nSPS) is 35.3. The third-order valence-corrected chi connectivity index (χ3v) is 4.77. The summed E-state index contributed by atoms with van der Waals surface area (Å²) >= 11 is 0. The molecule has 0 aromatic rings. The van der Waals surface area contributed by atoms with Gasteiger partial charge in [-0.15, -0.1) is 0 Å². The molecule has 0 spiro atoms. The van der Waals surface area contributed by atoms with Crippen LogP contribution in [0.3, 0.4) is 0 Å². The van der Waals surface area contributed by atoms with Crippen molar-refractivity contribution in [2.75, 3.05) is 26.8 Å². The molecule has 0 radical (unpaired) electrons. The molecule has 1 aliphatic heterocycles. The van der Waals surface area contributed by atoms with Gasteiger partial charge >= 0.3 is 0 Å². The van der Waals surface area contributed by atoms with E-state index in [1.165, 1.54) is 12.8 Å². The summed E-state index contributed by atoms with van der Waals surface area (Å²) in [5.41, 5.74) is 0.105. The van der Waals surface area contributed by atoms with Crippen molar-refractivity contribution in [1.29, 1.82) is 0 Å². The lowest BCUT2D eigenvalue weighted by Gasteiger charge is -2.38. The average Bonchev–Trinajstić information content (AvgIpc) is 2.56. The Morgan fingerprint density at radius 3 is 2.35 bits per heavy atom. The Balaban J connectivity index is 1.85. The molecule has 1 heterocycles. The fraction of sp³-hybridized carbons (Fsp3) is 1.00. The molecule has 1 saturated heterocycles. The summed E-state index contributed by atoms with van der Waals surface area (Å²) in [6, 6.07) is 0.397. The molecule has 0 amide bonds. The highest BCUT2D eigenvalue weighted by Crippen LogP contribution is 2.40. The number of aliphatic hydroxyl groups is 1. The molecule has 2 rings (SSSR count). The molecule has 0 aromatic carbocycles. The van der Waals surface area contributed by atoms with Crippen molar-refractivity contribution in [3.8, 4) is 0 Å². The summed E-state index contributed by atoms with van der Waals surface area (Å²) in [7, 11) is 1.79. The van der Waals surface area contributed by atoms with Gasteiger partial charge in [0.2, 0.25) is 0 Å². The lowest BCUT2D eigenvalue weighted by molar-refractivity contribution is -0.00279. The van der Waals surface area contributed by atoms with Crippen molar-refractivity contribution in [2.24, 2.45) is 11.3 Å². The molecule has 17 heavy (non-hydrogen) atoms. The molecule has 0 bridgehead atoms. The topological polar surface area (TPSA) is 32.7 Å². The molecule has 2 aliphatic rings. The zero-order valence-corrected chi connectivity index (χ0v) is 11.5. The highest BCUT2D eigenvalue weighted by Gasteiger charge is 2.43. The van der Waals surface area contributed by atoms with E-state index >= 15 is 0 Å². The lowest BCUT2D eigenvalue weighted by atomic mass is 9.88. The molecular weight excluding hydrogens is 214 g/mol. The number of likely N-dealkylation sites (tertiary alicyclic amines) is 1. The standard InChI is InChI=1S/C14H27NO2/c1-14(2)7-4-12(13(14)16)15-8-5-11(6-9-15)10-17-3/h11-13,16H,4-10H2,1-3H3. The predicted molar refractivity (Wildman–Crippen MR) is 69.0 cm³/mol. The Labute approximate surface area is 105 Å². The zero-order valence-electron chi connectivity index (χ0n) is 11.5. The van der Waals surface area contributed by atoms with E-state index in [0.717, 1.165) is 38.5 Å². The van der Waals surface area contributed by atoms with Crippen LogP contribution in [0.15, 0.2) is 0 Å². The van der Waals surface area contributed by atoms with Gasteiger partial charge in [0.25, 0.3) is 0 Å². The Bertz CT molecular complexity index is 247. The minimum Gasteiger partial charge on any atom is -0.391 e. The van der Waals surface area contributed by atoms with Crippen LogP contribution in [0.4, 0.5) is 0 Å². The summed E-state index contributed by atoms with van der Waals surface area (Å²) in [6.45, 7) is 7.54. The smallest absolute Gasteiger partial charge is 0.0746 e. The van der Waals surface area contributed by atoms with E-state index in [1.54, 1.807) is 7.11 Å². The van der Waals surface area contributed by atoms with Gasteiger partial charge in [0.05, 0.1) is 6.10 Å². The van der Waals surface area contributed by atoms with Crippen LogP contribution in [-0.4, -0.2) is 49.0 Å². The second kappa shape index (κ2) is 5.25. The third-order valence-electron chi connectivity index (χ3n) is 4.77. The number of aliphatic hydroxyl groups excluding tert-OH is 1. The number of piperidine rings is 1. The minimum absolute atomic E-state index is 0.105. The first-order valence-electron chi connectivity index (χ1n) is 6.95. The molecule has 3 heteroatoms. The third kappa shape index (κ3) is 2.83. The van der Waals surface area contributed by atoms with Crippen LogP contribution in [0.5, 0.6) is 0 Å². The number of ether oxygens (including phenoxy) is 1. The number of hydrogen-bond donors (Lipinski definition) is 1. The van der Waals surface area contributed by atoms with Gasteiger partial charge < -0.3 is 9.84 Å². The van der Waals surface area contributed by atoms with Crippen LogP contribution in [0.1, 0.15) is 39.5 Å². The van der Waals surface area contributed by atoms with Gasteiger partial charge in [-0.05, 0) is 50.1 Å². The zero-order chi connectivity index (χ0) is 12.5. The fourth-order valence-electron chi connectivity index (χ4n) is 3.42. The number of nitrogens with zero attached hydrogens (tertiary/aromatic N) is 1. The van der Waals surface area contributed by atoms with Crippen molar-refractivity contribution in [2.45, 2.75) is 51.7 Å². The first kappa shape index (κ1) is 13.3. The van der Waals surface area contributed by atoms with Crippen LogP contribution in [0.25, 0.3) is 0 Å². The quantitative estimate of drug-likeness (QED) is 0.819. The van der Waals surface area contributed by atoms with Gasteiger partial charge in [-0.3, -0.25) is 4.90 Å². The van der Waals surface area contributed by atoms with Crippen molar-refractivity contribution < 1.29 is 9.84 Å². The van der Waals surface area contributed by atoms with E-state index in [2.05, 4.69) is 18.7 Å². The predicted octanol–water partition coefficient (Wildman–Crippen LogP) is 1.89. The van der Waals surface area contributed by atoms with E-state index in [0.29, 0.717) is 6.04 Å². The van der Waals surface area contributed by atoms with Gasteiger partial charge in [-0.2, -0.15) is 0 Å². The summed E-state index contributed by atoms with van der Waals surface area (Å²) in [5, 5.41) is 10.4. The Hall–Kier alpha value is -0.120. The molecule has 3 nitrogen and oxygen atoms in total. The van der Waals surface area contributed by atoms with Gasteiger partial charge in [0, 0.05) is 19.8 Å². The molecule has 100 valence electrons. The second-order valence-electron chi connectivity index (χ2n) is 6.47. The van der Waals surface area contributed by atoms with Crippen molar-refractivity contribution in [3.05, 3.63) is 0 Å². The fourth-order valence-corrected chi connectivity index (χ4v) is 3.42. The summed E-state index contributed by atoms with van der Waals surface area (Å²) in [5.74, 6) is 0.725. The van der Waals surface area contributed by atoms with Gasteiger partial charge in [-0.1, -0.05) is 13.8 Å². The summed E-state index contributed by atoms with van der Waals surface area (Å²) < 4.78 is 5.23. The molecule has 1 N–H and O–H groups in total. The van der Waals surface area contributed by atoms with Crippen molar-refractivity contribution in [1.82, 2.24) is 4.90 Å². The Morgan fingerprint density at radius 2 is 1.88 bits per heavy atom. The maximum atomic E-state index is 10.4. The van der Waals surface area contributed by atoms with Gasteiger partial charge in [-0.25, -0.2) is 0 Å². The van der Waals surface area contributed by atoms with Crippen LogP contribution < -0.4 is 0 Å². The number of hydrogen-bond acceptors (Lipinski definition) is 3. The maximum absolute atomic E-state index is 10.4. The molecule has 2 atom stereocenters. The molecular formula is C14H27NO2. The molecule has 1 saturated carbocycles. The molecule has 2 unspecified atom stereocenters. The van der Waals surface area contributed by atoms with Crippen molar-refractivity contribution in [3.63, 3.8) is 0 Å². The Kier molecular flexibility index (Phi) is 4.11. The van der Waals surface area contributed by atoms with Crippen LogP contribution in [-0.2, 0) is 4.74 Å². The largest absolute Gasteiger partial charge is 0.391 e. The second-order valence-corrected chi connectivity index (χ2v) is 6.47. The average molecular weight is 241 g/mol. The lowest BCUT2D eigenvalue weighted by Crippen LogP contribution is -2.47. The van der Waals surface area contributed by atoms with Crippen LogP contribution >= 0.6 is 0 Å². The maximum Gasteiger partial charge on any atom is 0.0746 e. The first-order chi connectivity index (χ1) is 8.04. The van der Waals surface area contributed by atoms with Crippen LogP contribution in [0.2, 0.25) is 0 Å². The molecule has 1 aliphatic carbocycles. The minimum atomic E-state index is -0.151. The van der Waals surface area contributed by atoms with E-state index in [-0.39, 0.29) is 11.5 Å². The highest BCUT2D eigenvalue weighted by atomic mass is 16.5. The summed E-state index contributed by atoms with van der Waals surface area (Å²) in [4.78, 5) is 2.51. The Morgan fingerprint density at radius 1 is 1.24 bits per heavy atom. The van der Waals surface area contributed by atoms with Gasteiger partial charge in [0.15, 0.2) is 0 Å². The first-order valence-corrected chi connectivity index (χ1v) is 6.95. The number of rotatable bonds is 3. The number of methoxy groups -OCH3 is 1. The molecule has 0 aromatic heterocycles. The molecule has 2 fully saturated rings. The summed E-state index contributed by atoms with van der Waals surface area (Å²) in [6.07, 6.45) is 4.59. The monoisotopic (exact) mass is 241 g/mol. The van der Waals surface area contributed by atoms with E-state index < -0.39 is 0 Å². The highest BCUT2D eigenvalue weighted by molar-refractivity contribution is 4.97. The van der Waals surface area contributed by atoms with E-state index in [9.17, 15) is 5.11 Å². The van der Waals surface area contributed by atoms with E-state index in [1.807, 2.05) is 0 Å². The van der Waals surface area contributed by atoms with Crippen molar-refractivity contribution >= 4 is 0 Å². The van der Waals surface area contributed by atoms with Crippen LogP contribution in [0, 0.1) is 11.3 Å². The SMILES string of the molecule is COCC1CCN(C2CCC(C)(C)C2O)CC1.